The van der Waals surface area contributed by atoms with Gasteiger partial charge >= 0.3 is 8.80 Å². The summed E-state index contributed by atoms with van der Waals surface area (Å²) in [7, 11) is -0.453. The zero-order valence-electron chi connectivity index (χ0n) is 16.6. The Morgan fingerprint density at radius 1 is 1.28 bits per heavy atom. The average molecular weight is 499 g/mol. The highest BCUT2D eigenvalue weighted by atomic mass is 32.2. The maximum atomic E-state index is 10.6. The van der Waals surface area contributed by atoms with Crippen LogP contribution in [0.1, 0.15) is 12.8 Å². The van der Waals surface area contributed by atoms with E-state index in [4.69, 9.17) is 28.6 Å². The van der Waals surface area contributed by atoms with Crippen molar-refractivity contribution in [2.24, 2.45) is 0 Å². The third-order valence-corrected chi connectivity index (χ3v) is 10.1. The molecule has 1 atom stereocenters. The molecule has 0 spiro atoms. The number of nitrogens with one attached hydrogen (secondary N) is 1. The first kappa shape index (κ1) is 29.5. The molecule has 0 aliphatic rings. The lowest BCUT2D eigenvalue weighted by Gasteiger charge is -2.26. The smallest absolute Gasteiger partial charge is 0.416 e. The van der Waals surface area contributed by atoms with Crippen molar-refractivity contribution in [1.82, 2.24) is 10.2 Å². The van der Waals surface area contributed by atoms with Crippen molar-refractivity contribution in [2.75, 3.05) is 51.7 Å². The first-order valence-corrected chi connectivity index (χ1v) is 14.9. The standard InChI is InChI=1S/C14H30N2O8SSi4/c1-3-16(8-7-15-6-4-10-25(18,19)20)12-14(17)13-21-9-5-11-29(22-26,23-27)24-28-2/h1,14-15,17H,3-13H2,2H3,(H,18,19,20). The predicted molar refractivity (Wildman–Crippen MR) is 113 cm³/mol. The molecule has 0 aromatic carbocycles. The highest BCUT2D eigenvalue weighted by molar-refractivity contribution is 7.85. The Hall–Kier alpha value is 0.498. The van der Waals surface area contributed by atoms with Gasteiger partial charge in [-0.2, -0.15) is 8.42 Å². The molecule has 1 unspecified atom stereocenters. The Balaban J connectivity index is 3.91. The van der Waals surface area contributed by atoms with Crippen LogP contribution in [0, 0.1) is 6.92 Å². The van der Waals surface area contributed by atoms with E-state index in [0.717, 1.165) is 0 Å². The molecule has 0 saturated carbocycles. The lowest BCUT2D eigenvalue weighted by atomic mass is 10.3. The van der Waals surface area contributed by atoms with Gasteiger partial charge < -0.3 is 27.5 Å². The molecule has 10 nitrogen and oxygen atoms in total. The number of aliphatic hydroxyl groups is 1. The molecule has 0 aliphatic heterocycles. The van der Waals surface area contributed by atoms with E-state index in [1.54, 1.807) is 0 Å². The second-order valence-corrected chi connectivity index (χ2v) is 12.5. The summed E-state index contributed by atoms with van der Waals surface area (Å²) in [5.74, 6) is -0.269. The zero-order valence-corrected chi connectivity index (χ0v) is 21.4. The van der Waals surface area contributed by atoms with Crippen LogP contribution < -0.4 is 5.32 Å². The van der Waals surface area contributed by atoms with Crippen LogP contribution in [0.5, 0.6) is 0 Å². The van der Waals surface area contributed by atoms with Gasteiger partial charge in [-0.3, -0.25) is 9.45 Å². The fourth-order valence-electron chi connectivity index (χ4n) is 2.33. The molecular weight excluding hydrogens is 469 g/mol. The van der Waals surface area contributed by atoms with Gasteiger partial charge in [0.2, 0.25) is 30.7 Å². The largest absolute Gasteiger partial charge is 0.468 e. The summed E-state index contributed by atoms with van der Waals surface area (Å²) < 4.78 is 51.3. The van der Waals surface area contributed by atoms with Crippen LogP contribution in [0.15, 0.2) is 0 Å². The molecule has 166 valence electrons. The summed E-state index contributed by atoms with van der Waals surface area (Å²) in [5, 5.41) is 13.2. The van der Waals surface area contributed by atoms with Gasteiger partial charge in [-0.05, 0) is 32.9 Å². The van der Waals surface area contributed by atoms with Gasteiger partial charge in [-0.1, -0.05) is 0 Å². The topological polar surface area (TPSA) is 127 Å². The molecule has 0 aliphatic carbocycles. The Morgan fingerprint density at radius 3 is 2.52 bits per heavy atom. The molecule has 0 heterocycles. The molecule has 10 radical (unpaired) electrons. The summed E-state index contributed by atoms with van der Waals surface area (Å²) in [6.45, 7) is 10.4. The van der Waals surface area contributed by atoms with Gasteiger partial charge in [0.15, 0.2) is 0 Å². The van der Waals surface area contributed by atoms with E-state index >= 15 is 0 Å². The Bertz CT molecular complexity index is 502. The third kappa shape index (κ3) is 15.9. The van der Waals surface area contributed by atoms with Crippen LogP contribution in [0.4, 0.5) is 0 Å². The van der Waals surface area contributed by atoms with Crippen LogP contribution in [-0.4, -0.2) is 120 Å². The molecule has 0 aromatic rings. The molecule has 0 amide bonds. The number of aliphatic hydroxyl groups excluding tert-OH is 1. The second kappa shape index (κ2) is 17.1. The fraction of sp³-hybridized carbons (Fsp3) is 0.929. The van der Waals surface area contributed by atoms with Crippen LogP contribution in [0.2, 0.25) is 12.6 Å². The maximum absolute atomic E-state index is 10.6. The minimum absolute atomic E-state index is 0.173. The zero-order chi connectivity index (χ0) is 22.2. The van der Waals surface area contributed by atoms with Crippen molar-refractivity contribution in [2.45, 2.75) is 31.5 Å². The first-order chi connectivity index (χ1) is 13.7. The van der Waals surface area contributed by atoms with E-state index in [1.165, 1.54) is 0 Å². The summed E-state index contributed by atoms with van der Waals surface area (Å²) in [4.78, 5) is 1.86. The van der Waals surface area contributed by atoms with E-state index in [9.17, 15) is 13.5 Å². The minimum Gasteiger partial charge on any atom is -0.416 e. The van der Waals surface area contributed by atoms with Crippen molar-refractivity contribution in [3.63, 3.8) is 0 Å². The molecule has 15 heteroatoms. The molecule has 29 heavy (non-hydrogen) atoms. The van der Waals surface area contributed by atoms with Crippen LogP contribution in [0.3, 0.4) is 0 Å². The minimum atomic E-state index is -3.92. The summed E-state index contributed by atoms with van der Waals surface area (Å²) in [6.07, 6.45) is 0.283. The van der Waals surface area contributed by atoms with Gasteiger partial charge in [0, 0.05) is 38.8 Å². The van der Waals surface area contributed by atoms with Gasteiger partial charge in [-0.15, -0.1) is 0 Å². The third-order valence-electron chi connectivity index (χ3n) is 3.74. The molecule has 0 bridgehead atoms. The van der Waals surface area contributed by atoms with E-state index in [1.807, 2.05) is 11.4 Å². The van der Waals surface area contributed by atoms with Crippen LogP contribution in [0.25, 0.3) is 0 Å². The number of hydrogen-bond donors (Lipinski definition) is 3. The van der Waals surface area contributed by atoms with Crippen molar-refractivity contribution in [1.29, 1.82) is 0 Å². The normalized spacial score (nSPS) is 13.9. The van der Waals surface area contributed by atoms with E-state index in [0.29, 0.717) is 51.7 Å². The van der Waals surface area contributed by atoms with E-state index in [2.05, 4.69) is 26.3 Å². The molecule has 3 N–H and O–H groups in total. The number of rotatable bonds is 20. The molecular formula is C14H30N2O8SSi4. The number of hydrogen-bond acceptors (Lipinski definition) is 9. The molecule has 0 rings (SSSR count). The quantitative estimate of drug-likeness (QED) is 0.103. The second-order valence-electron chi connectivity index (χ2n) is 6.17. The maximum Gasteiger partial charge on any atom is 0.468 e. The lowest BCUT2D eigenvalue weighted by Crippen LogP contribution is -2.45. The van der Waals surface area contributed by atoms with Gasteiger partial charge in [-0.25, -0.2) is 0 Å². The molecule has 0 saturated heterocycles. The predicted octanol–water partition coefficient (Wildman–Crippen LogP) is -1.54. The Kier molecular flexibility index (Phi) is 17.4. The SMILES string of the molecule is [CH]CN(CCNCCCS(=O)(=O)O)CC(O)COCCC[Si](O[Si])(O[Si])O[Si]C. The van der Waals surface area contributed by atoms with E-state index < -0.39 is 25.0 Å². The number of ether oxygens (including phenoxy) is 1. The Labute approximate surface area is 185 Å². The van der Waals surface area contributed by atoms with Gasteiger partial charge in [0.05, 0.1) is 18.5 Å². The van der Waals surface area contributed by atoms with Gasteiger partial charge in [0.1, 0.15) is 0 Å². The highest BCUT2D eigenvalue weighted by Gasteiger charge is 2.36. The average Bonchev–Trinajstić information content (AvgIpc) is 2.67. The monoisotopic (exact) mass is 498 g/mol. The van der Waals surface area contributed by atoms with Crippen molar-refractivity contribution in [3.05, 3.63) is 6.92 Å². The highest BCUT2D eigenvalue weighted by Crippen LogP contribution is 2.15. The Morgan fingerprint density at radius 2 is 1.97 bits per heavy atom. The number of nitrogens with zero attached hydrogens (tertiary/aromatic N) is 1. The van der Waals surface area contributed by atoms with Crippen molar-refractivity contribution < 1.29 is 35.2 Å². The molecule has 0 fully saturated rings. The molecule has 0 aromatic heterocycles. The van der Waals surface area contributed by atoms with Crippen molar-refractivity contribution in [3.8, 4) is 0 Å². The van der Waals surface area contributed by atoms with Crippen LogP contribution >= 0.6 is 0 Å². The van der Waals surface area contributed by atoms with Crippen LogP contribution in [-0.2, 0) is 27.2 Å². The summed E-state index contributed by atoms with van der Waals surface area (Å²) >= 11 is 0. The fourth-order valence-corrected chi connectivity index (χ4v) is 7.51. The summed E-state index contributed by atoms with van der Waals surface area (Å²) in [5.41, 5.74) is 0. The first-order valence-electron chi connectivity index (χ1n) is 9.10. The lowest BCUT2D eigenvalue weighted by molar-refractivity contribution is 0.0183. The van der Waals surface area contributed by atoms with Crippen molar-refractivity contribution >= 4 is 49.7 Å². The van der Waals surface area contributed by atoms with E-state index in [-0.39, 0.29) is 28.7 Å². The summed E-state index contributed by atoms with van der Waals surface area (Å²) in [6, 6.07) is 0.551. The van der Waals surface area contributed by atoms with Gasteiger partial charge in [0.25, 0.3) is 10.1 Å².